The molecule has 2 fully saturated rings. The minimum Gasteiger partial charge on any atom is -0.378 e. The Balaban J connectivity index is 1.35. The number of fused-ring (bicyclic) bond motifs is 2. The molecular formula is C28H35N5O. The second-order valence-corrected chi connectivity index (χ2v) is 10.6. The smallest absolute Gasteiger partial charge is 0.158 e. The lowest BCUT2D eigenvalue weighted by molar-refractivity contribution is -0.0121. The molecule has 0 unspecified atom stereocenters. The summed E-state index contributed by atoms with van der Waals surface area (Å²) in [5.74, 6) is 1.06. The lowest BCUT2D eigenvalue weighted by Crippen LogP contribution is -2.51. The monoisotopic (exact) mass is 457 g/mol. The number of hydrogen-bond donors (Lipinski definition) is 2. The first-order valence-electron chi connectivity index (χ1n) is 12.8. The van der Waals surface area contributed by atoms with Crippen molar-refractivity contribution in [1.29, 1.82) is 0 Å². The topological polar surface area (TPSA) is 67.2 Å². The van der Waals surface area contributed by atoms with Gasteiger partial charge >= 0.3 is 0 Å². The van der Waals surface area contributed by atoms with Gasteiger partial charge < -0.3 is 15.0 Å². The zero-order chi connectivity index (χ0) is 23.4. The number of aromatic nitrogens is 4. The molecule has 1 aromatic carbocycles. The van der Waals surface area contributed by atoms with Crippen molar-refractivity contribution in [2.75, 3.05) is 13.2 Å². The Kier molecular flexibility index (Phi) is 5.46. The summed E-state index contributed by atoms with van der Waals surface area (Å²) in [7, 11) is 0. The number of rotatable bonds is 5. The quantitative estimate of drug-likeness (QED) is 0.407. The van der Waals surface area contributed by atoms with Crippen LogP contribution >= 0.6 is 0 Å². The van der Waals surface area contributed by atoms with E-state index >= 15 is 0 Å². The first-order chi connectivity index (χ1) is 16.5. The van der Waals surface area contributed by atoms with E-state index < -0.39 is 0 Å². The van der Waals surface area contributed by atoms with Crippen molar-refractivity contribution in [3.63, 3.8) is 0 Å². The van der Waals surface area contributed by atoms with E-state index in [1.165, 1.54) is 70.1 Å². The normalized spacial score (nSPS) is 21.6. The molecule has 2 N–H and O–H groups in total. The largest absolute Gasteiger partial charge is 0.378 e. The van der Waals surface area contributed by atoms with Crippen LogP contribution in [0, 0.1) is 13.8 Å². The first kappa shape index (κ1) is 21.8. The Labute approximate surface area is 201 Å². The van der Waals surface area contributed by atoms with Crippen LogP contribution < -0.4 is 5.32 Å². The zero-order valence-electron chi connectivity index (χ0n) is 20.7. The highest BCUT2D eigenvalue weighted by Gasteiger charge is 2.27. The van der Waals surface area contributed by atoms with Gasteiger partial charge in [-0.15, -0.1) is 0 Å². The molecule has 1 aliphatic heterocycles. The van der Waals surface area contributed by atoms with Crippen molar-refractivity contribution >= 4 is 16.6 Å². The fourth-order valence-electron chi connectivity index (χ4n) is 6.01. The van der Waals surface area contributed by atoms with Gasteiger partial charge in [-0.25, -0.2) is 9.50 Å². The number of aryl methyl sites for hydroxylation is 1. The van der Waals surface area contributed by atoms with Gasteiger partial charge in [-0.3, -0.25) is 0 Å². The van der Waals surface area contributed by atoms with E-state index in [1.807, 2.05) is 4.52 Å². The summed E-state index contributed by atoms with van der Waals surface area (Å²) in [5, 5.41) is 9.57. The van der Waals surface area contributed by atoms with Crippen LogP contribution in [0.1, 0.15) is 73.6 Å². The number of nitrogens with one attached hydrogen (secondary N) is 2. The van der Waals surface area contributed by atoms with E-state index in [0.29, 0.717) is 23.9 Å². The summed E-state index contributed by atoms with van der Waals surface area (Å²) in [6.45, 7) is 10.7. The molecule has 0 bridgehead atoms. The van der Waals surface area contributed by atoms with Gasteiger partial charge in [0.15, 0.2) is 5.65 Å². The number of ether oxygens (including phenoxy) is 1. The van der Waals surface area contributed by atoms with Crippen LogP contribution in [0.3, 0.4) is 0 Å². The lowest BCUT2D eigenvalue weighted by atomic mass is 9.81. The fourth-order valence-corrected chi connectivity index (χ4v) is 6.01. The molecule has 0 amide bonds. The number of hydrogen-bond acceptors (Lipinski definition) is 4. The van der Waals surface area contributed by atoms with Crippen molar-refractivity contribution < 1.29 is 4.74 Å². The maximum atomic E-state index is 5.33. The summed E-state index contributed by atoms with van der Waals surface area (Å²) in [6, 6.07) is 8.35. The molecule has 6 nitrogen and oxygen atoms in total. The third-order valence-electron chi connectivity index (χ3n) is 8.14. The van der Waals surface area contributed by atoms with E-state index in [4.69, 9.17) is 4.74 Å². The van der Waals surface area contributed by atoms with E-state index in [9.17, 15) is 0 Å². The highest BCUT2D eigenvalue weighted by atomic mass is 16.5. The molecule has 178 valence electrons. The van der Waals surface area contributed by atoms with Crippen molar-refractivity contribution in [1.82, 2.24) is 24.9 Å². The summed E-state index contributed by atoms with van der Waals surface area (Å²) >= 11 is 0. The van der Waals surface area contributed by atoms with Crippen molar-refractivity contribution in [3.8, 4) is 11.3 Å². The van der Waals surface area contributed by atoms with Crippen molar-refractivity contribution in [2.45, 2.75) is 77.3 Å². The van der Waals surface area contributed by atoms with E-state index in [0.717, 1.165) is 18.9 Å². The van der Waals surface area contributed by atoms with E-state index in [-0.39, 0.29) is 0 Å². The number of pyridine rings is 1. The number of aromatic amines is 1. The molecule has 6 heteroatoms. The SMILES string of the molecule is Cc1c(-c2[nH]c3ccc(C4CCC(NC5COC5)CC4)cc3c2C(C)C)cn2ncnc2c1C. The van der Waals surface area contributed by atoms with Crippen molar-refractivity contribution in [3.05, 3.63) is 53.0 Å². The van der Waals surface area contributed by atoms with Crippen LogP contribution in [0.5, 0.6) is 0 Å². The number of H-pyrrole nitrogens is 1. The van der Waals surface area contributed by atoms with Gasteiger partial charge in [-0.2, -0.15) is 5.10 Å². The summed E-state index contributed by atoms with van der Waals surface area (Å²) < 4.78 is 7.23. The van der Waals surface area contributed by atoms with Crippen LogP contribution in [0.2, 0.25) is 0 Å². The van der Waals surface area contributed by atoms with Gasteiger partial charge in [0.1, 0.15) is 6.33 Å². The Morgan fingerprint density at radius 1 is 1.06 bits per heavy atom. The summed E-state index contributed by atoms with van der Waals surface area (Å²) in [6.07, 6.45) is 8.79. The minimum atomic E-state index is 0.412. The predicted octanol–water partition coefficient (Wildman–Crippen LogP) is 5.63. The van der Waals surface area contributed by atoms with Crippen LogP contribution in [0.4, 0.5) is 0 Å². The molecule has 34 heavy (non-hydrogen) atoms. The predicted molar refractivity (Wildman–Crippen MR) is 137 cm³/mol. The molecule has 4 aromatic rings. The van der Waals surface area contributed by atoms with Crippen molar-refractivity contribution in [2.24, 2.45) is 0 Å². The molecule has 0 radical (unpaired) electrons. The van der Waals surface area contributed by atoms with Gasteiger partial charge in [0.2, 0.25) is 0 Å². The first-order valence-corrected chi connectivity index (χ1v) is 12.8. The summed E-state index contributed by atoms with van der Waals surface area (Å²) in [4.78, 5) is 8.21. The highest BCUT2D eigenvalue weighted by molar-refractivity contribution is 5.92. The van der Waals surface area contributed by atoms with E-state index in [2.05, 4.69) is 72.5 Å². The standard InChI is InChI=1S/C28H35N5O/c1-16(2)26-23-11-20(19-5-8-21(9-6-19)31-22-13-34-14-22)7-10-25(23)32-27(26)24-12-33-28(29-15-30-33)18(4)17(24)3/h7,10-12,15-16,19,21-22,31-32H,5-6,8-9,13-14H2,1-4H3. The van der Waals surface area contributed by atoms with Crippen LogP contribution in [-0.4, -0.2) is 44.9 Å². The fraction of sp³-hybridized carbons (Fsp3) is 0.500. The Morgan fingerprint density at radius 3 is 2.56 bits per heavy atom. The molecule has 1 saturated carbocycles. The molecule has 3 aromatic heterocycles. The maximum Gasteiger partial charge on any atom is 0.158 e. The molecule has 1 saturated heterocycles. The molecule has 0 spiro atoms. The Bertz CT molecular complexity index is 1340. The molecule has 0 atom stereocenters. The van der Waals surface area contributed by atoms with Crippen LogP contribution in [-0.2, 0) is 4.74 Å². The molecule has 4 heterocycles. The second-order valence-electron chi connectivity index (χ2n) is 10.6. The van der Waals surface area contributed by atoms with E-state index in [1.54, 1.807) is 6.33 Å². The average molecular weight is 458 g/mol. The van der Waals surface area contributed by atoms with Gasteiger partial charge in [-0.1, -0.05) is 19.9 Å². The third kappa shape index (κ3) is 3.64. The zero-order valence-corrected chi connectivity index (χ0v) is 20.7. The number of nitrogens with zero attached hydrogens (tertiary/aromatic N) is 3. The molecular weight excluding hydrogens is 422 g/mol. The summed E-state index contributed by atoms with van der Waals surface area (Å²) in [5.41, 5.74) is 9.92. The van der Waals surface area contributed by atoms with Crippen LogP contribution in [0.25, 0.3) is 27.8 Å². The number of benzene rings is 1. The van der Waals surface area contributed by atoms with Gasteiger partial charge in [0.05, 0.1) is 24.9 Å². The Morgan fingerprint density at radius 2 is 1.85 bits per heavy atom. The Hall–Kier alpha value is -2.70. The second kappa shape index (κ2) is 8.51. The molecule has 6 rings (SSSR count). The average Bonchev–Trinajstić information content (AvgIpc) is 3.43. The van der Waals surface area contributed by atoms with Crippen LogP contribution in [0.15, 0.2) is 30.7 Å². The highest BCUT2D eigenvalue weighted by Crippen LogP contribution is 2.40. The molecule has 1 aliphatic carbocycles. The van der Waals surface area contributed by atoms with Gasteiger partial charge in [0.25, 0.3) is 0 Å². The van der Waals surface area contributed by atoms with Gasteiger partial charge in [0, 0.05) is 28.7 Å². The molecule has 2 aliphatic rings. The lowest BCUT2D eigenvalue weighted by Gasteiger charge is -2.35. The third-order valence-corrected chi connectivity index (χ3v) is 8.14. The van der Waals surface area contributed by atoms with Gasteiger partial charge in [-0.05, 0) is 85.8 Å². The minimum absolute atomic E-state index is 0.412. The maximum absolute atomic E-state index is 5.33.